The molecule has 1 N–H and O–H groups in total. The second-order valence-electron chi connectivity index (χ2n) is 5.73. The summed E-state index contributed by atoms with van der Waals surface area (Å²) in [5.41, 5.74) is 1.60. The molecular weight excluding hydrogens is 272 g/mol. The van der Waals surface area contributed by atoms with Crippen LogP contribution >= 0.6 is 11.8 Å². The summed E-state index contributed by atoms with van der Waals surface area (Å²) >= 11 is 1.44. The molecule has 20 heavy (non-hydrogen) atoms. The van der Waals surface area contributed by atoms with E-state index >= 15 is 0 Å². The number of hydrogen-bond acceptors (Lipinski definition) is 4. The number of imidazole rings is 1. The summed E-state index contributed by atoms with van der Waals surface area (Å²) in [5, 5.41) is 7.93. The highest BCUT2D eigenvalue weighted by Crippen LogP contribution is 2.25. The SMILES string of the molecule is CC(C)(C)C(=O)CSc1n[nH]c2nc3ccccc3n12. The van der Waals surface area contributed by atoms with Crippen molar-refractivity contribution in [2.75, 3.05) is 5.75 Å². The quantitative estimate of drug-likeness (QED) is 0.753. The van der Waals surface area contributed by atoms with Crippen molar-refractivity contribution >= 4 is 34.4 Å². The molecule has 3 rings (SSSR count). The van der Waals surface area contributed by atoms with E-state index in [1.807, 2.05) is 49.4 Å². The van der Waals surface area contributed by atoms with Gasteiger partial charge in [0.05, 0.1) is 16.8 Å². The summed E-state index contributed by atoms with van der Waals surface area (Å²) in [7, 11) is 0. The Labute approximate surface area is 120 Å². The largest absolute Gasteiger partial charge is 0.298 e. The van der Waals surface area contributed by atoms with Crippen LogP contribution in [0.4, 0.5) is 0 Å². The number of aromatic amines is 1. The lowest BCUT2D eigenvalue weighted by Crippen LogP contribution is -2.22. The lowest BCUT2D eigenvalue weighted by molar-refractivity contribution is -0.123. The van der Waals surface area contributed by atoms with Crippen molar-refractivity contribution in [3.05, 3.63) is 24.3 Å². The number of thioether (sulfide) groups is 1. The minimum atomic E-state index is -0.320. The molecule has 5 nitrogen and oxygen atoms in total. The van der Waals surface area contributed by atoms with Crippen LogP contribution in [0.3, 0.4) is 0 Å². The van der Waals surface area contributed by atoms with Gasteiger partial charge in [-0.3, -0.25) is 9.20 Å². The van der Waals surface area contributed by atoms with E-state index < -0.39 is 0 Å². The Morgan fingerprint density at radius 2 is 2.10 bits per heavy atom. The van der Waals surface area contributed by atoms with E-state index in [-0.39, 0.29) is 11.2 Å². The Hall–Kier alpha value is -1.82. The highest BCUT2D eigenvalue weighted by molar-refractivity contribution is 7.99. The first-order valence-corrected chi connectivity index (χ1v) is 7.43. The van der Waals surface area contributed by atoms with Crippen LogP contribution in [0.2, 0.25) is 0 Å². The van der Waals surface area contributed by atoms with Crippen molar-refractivity contribution in [2.45, 2.75) is 25.9 Å². The molecule has 0 saturated carbocycles. The topological polar surface area (TPSA) is 63.0 Å². The van der Waals surface area contributed by atoms with E-state index in [4.69, 9.17) is 0 Å². The zero-order chi connectivity index (χ0) is 14.3. The Morgan fingerprint density at radius 1 is 1.35 bits per heavy atom. The van der Waals surface area contributed by atoms with E-state index in [9.17, 15) is 4.79 Å². The maximum absolute atomic E-state index is 12.0. The predicted molar refractivity (Wildman–Crippen MR) is 80.0 cm³/mol. The molecule has 0 aliphatic carbocycles. The van der Waals surface area contributed by atoms with Gasteiger partial charge < -0.3 is 0 Å². The number of carbonyl (C=O) groups is 1. The van der Waals surface area contributed by atoms with Crippen molar-refractivity contribution < 1.29 is 4.79 Å². The van der Waals surface area contributed by atoms with E-state index in [2.05, 4.69) is 15.2 Å². The van der Waals surface area contributed by atoms with Gasteiger partial charge in [0, 0.05) is 5.41 Å². The van der Waals surface area contributed by atoms with Gasteiger partial charge in [0.15, 0.2) is 5.16 Å². The van der Waals surface area contributed by atoms with Crippen molar-refractivity contribution in [1.82, 2.24) is 19.6 Å². The predicted octanol–water partition coefficient (Wildman–Crippen LogP) is 2.92. The number of rotatable bonds is 3. The number of benzene rings is 1. The summed E-state index contributed by atoms with van der Waals surface area (Å²) < 4.78 is 1.95. The number of para-hydroxylation sites is 2. The second-order valence-corrected chi connectivity index (χ2v) is 6.67. The third kappa shape index (κ3) is 2.20. The maximum Gasteiger partial charge on any atom is 0.231 e. The van der Waals surface area contributed by atoms with Crippen LogP contribution in [0.1, 0.15) is 20.8 Å². The number of carbonyl (C=O) groups excluding carboxylic acids is 1. The molecule has 0 atom stereocenters. The number of H-pyrrole nitrogens is 1. The average Bonchev–Trinajstić information content (AvgIpc) is 2.93. The fourth-order valence-electron chi connectivity index (χ4n) is 1.89. The third-order valence-electron chi connectivity index (χ3n) is 3.17. The van der Waals surface area contributed by atoms with E-state index in [1.54, 1.807) is 0 Å². The molecule has 2 aromatic heterocycles. The smallest absolute Gasteiger partial charge is 0.231 e. The van der Waals surface area contributed by atoms with Crippen LogP contribution in [0.5, 0.6) is 0 Å². The Bertz CT molecular complexity index is 781. The van der Waals surface area contributed by atoms with Gasteiger partial charge in [-0.1, -0.05) is 44.7 Å². The molecule has 0 spiro atoms. The molecule has 0 aliphatic heterocycles. The van der Waals surface area contributed by atoms with E-state index in [0.29, 0.717) is 11.5 Å². The standard InChI is InChI=1S/C14H16N4OS/c1-14(2,3)11(19)8-20-13-17-16-12-15-9-6-4-5-7-10(9)18(12)13/h4-7H,8H2,1-3H3,(H,15,16). The Balaban J connectivity index is 1.94. The Kier molecular flexibility index (Phi) is 3.05. The summed E-state index contributed by atoms with van der Waals surface area (Å²) in [6, 6.07) is 7.89. The van der Waals surface area contributed by atoms with Crippen LogP contribution in [0.15, 0.2) is 29.4 Å². The van der Waals surface area contributed by atoms with Crippen LogP contribution < -0.4 is 0 Å². The van der Waals surface area contributed by atoms with Crippen LogP contribution in [0, 0.1) is 5.41 Å². The van der Waals surface area contributed by atoms with E-state index in [1.165, 1.54) is 11.8 Å². The zero-order valence-electron chi connectivity index (χ0n) is 11.7. The molecule has 0 saturated heterocycles. The molecule has 0 aliphatic rings. The second kappa shape index (κ2) is 4.63. The summed E-state index contributed by atoms with van der Waals surface area (Å²) in [4.78, 5) is 16.5. The van der Waals surface area contributed by atoms with Gasteiger partial charge in [-0.05, 0) is 12.1 Å². The molecule has 6 heteroatoms. The van der Waals surface area contributed by atoms with Gasteiger partial charge in [-0.2, -0.15) is 0 Å². The van der Waals surface area contributed by atoms with Crippen LogP contribution in [-0.2, 0) is 4.79 Å². The lowest BCUT2D eigenvalue weighted by Gasteiger charge is -2.15. The first-order valence-electron chi connectivity index (χ1n) is 6.44. The van der Waals surface area contributed by atoms with Gasteiger partial charge in [0.2, 0.25) is 5.78 Å². The fourth-order valence-corrected chi connectivity index (χ4v) is 3.00. The lowest BCUT2D eigenvalue weighted by atomic mass is 9.92. The molecule has 2 heterocycles. The number of hydrogen-bond donors (Lipinski definition) is 1. The molecule has 0 fully saturated rings. The third-order valence-corrected chi connectivity index (χ3v) is 4.11. The molecule has 0 amide bonds. The van der Waals surface area contributed by atoms with E-state index in [0.717, 1.165) is 16.2 Å². The van der Waals surface area contributed by atoms with Crippen molar-refractivity contribution in [2.24, 2.45) is 5.41 Å². The fraction of sp³-hybridized carbons (Fsp3) is 0.357. The molecule has 1 aromatic carbocycles. The number of ketones is 1. The molecule has 3 aromatic rings. The highest BCUT2D eigenvalue weighted by Gasteiger charge is 2.22. The van der Waals surface area contributed by atoms with Gasteiger partial charge >= 0.3 is 0 Å². The van der Waals surface area contributed by atoms with Crippen LogP contribution in [-0.4, -0.2) is 31.1 Å². The number of fused-ring (bicyclic) bond motifs is 3. The van der Waals surface area contributed by atoms with Crippen molar-refractivity contribution in [3.63, 3.8) is 0 Å². The molecule has 0 bridgehead atoms. The Morgan fingerprint density at radius 3 is 2.85 bits per heavy atom. The van der Waals surface area contributed by atoms with Gasteiger partial charge in [-0.15, -0.1) is 5.10 Å². The minimum Gasteiger partial charge on any atom is -0.298 e. The van der Waals surface area contributed by atoms with Crippen LogP contribution in [0.25, 0.3) is 16.8 Å². The number of nitrogens with one attached hydrogen (secondary N) is 1. The summed E-state index contributed by atoms with van der Waals surface area (Å²) in [5.74, 6) is 1.33. The molecular formula is C14H16N4OS. The summed E-state index contributed by atoms with van der Waals surface area (Å²) in [6.07, 6.45) is 0. The zero-order valence-corrected chi connectivity index (χ0v) is 12.5. The van der Waals surface area contributed by atoms with Crippen molar-refractivity contribution in [3.8, 4) is 0 Å². The average molecular weight is 288 g/mol. The van der Waals surface area contributed by atoms with Gasteiger partial charge in [-0.25, -0.2) is 10.1 Å². The minimum absolute atomic E-state index is 0.211. The number of Topliss-reactive ketones (excluding diaryl/α,β-unsaturated/α-hetero) is 1. The maximum atomic E-state index is 12.0. The number of nitrogens with zero attached hydrogens (tertiary/aromatic N) is 3. The summed E-state index contributed by atoms with van der Waals surface area (Å²) in [6.45, 7) is 5.80. The molecule has 104 valence electrons. The van der Waals surface area contributed by atoms with Gasteiger partial charge in [0.1, 0.15) is 5.78 Å². The van der Waals surface area contributed by atoms with Gasteiger partial charge in [0.25, 0.3) is 0 Å². The normalized spacial score (nSPS) is 12.3. The first-order chi connectivity index (χ1) is 9.47. The van der Waals surface area contributed by atoms with Crippen molar-refractivity contribution in [1.29, 1.82) is 0 Å². The highest BCUT2D eigenvalue weighted by atomic mass is 32.2. The molecule has 0 unspecified atom stereocenters. The first kappa shape index (κ1) is 13.2. The molecule has 0 radical (unpaired) electrons. The number of aromatic nitrogens is 4. The monoisotopic (exact) mass is 288 g/mol.